The first-order valence-electron chi connectivity index (χ1n) is 6.28. The molecule has 0 radical (unpaired) electrons. The fourth-order valence-electron chi connectivity index (χ4n) is 1.79. The molecule has 0 saturated carbocycles. The monoisotopic (exact) mass is 361 g/mol. The van der Waals surface area contributed by atoms with Crippen molar-refractivity contribution in [3.8, 4) is 0 Å². The summed E-state index contributed by atoms with van der Waals surface area (Å²) in [5.41, 5.74) is 0.382. The number of nitrogens with zero attached hydrogens (tertiary/aromatic N) is 1. The van der Waals surface area contributed by atoms with Crippen LogP contribution in [-0.4, -0.2) is 35.0 Å². The highest BCUT2D eigenvalue weighted by Gasteiger charge is 2.20. The van der Waals surface area contributed by atoms with E-state index in [0.29, 0.717) is 21.6 Å². The molecule has 0 aliphatic rings. The Labute approximate surface area is 131 Å². The molecular formula is C14H17BrClNO3. The molecule has 20 heavy (non-hydrogen) atoms. The molecule has 4 nitrogen and oxygen atoms in total. The lowest BCUT2D eigenvalue weighted by Crippen LogP contribution is -2.36. The number of hydrogen-bond acceptors (Lipinski definition) is 2. The summed E-state index contributed by atoms with van der Waals surface area (Å²) in [7, 11) is 0. The van der Waals surface area contributed by atoms with Crippen molar-refractivity contribution >= 4 is 39.4 Å². The third-order valence-electron chi connectivity index (χ3n) is 2.65. The van der Waals surface area contributed by atoms with Crippen LogP contribution in [-0.2, 0) is 4.79 Å². The van der Waals surface area contributed by atoms with E-state index >= 15 is 0 Å². The van der Waals surface area contributed by atoms with Crippen LogP contribution in [0.3, 0.4) is 0 Å². The third kappa shape index (κ3) is 4.80. The van der Waals surface area contributed by atoms with Crippen LogP contribution in [0.25, 0.3) is 0 Å². The largest absolute Gasteiger partial charge is 0.481 e. The highest BCUT2D eigenvalue weighted by Crippen LogP contribution is 2.27. The van der Waals surface area contributed by atoms with E-state index in [0.717, 1.165) is 0 Å². The summed E-state index contributed by atoms with van der Waals surface area (Å²) in [6, 6.07) is 5.13. The molecule has 0 atom stereocenters. The van der Waals surface area contributed by atoms with Gasteiger partial charge < -0.3 is 10.0 Å². The summed E-state index contributed by atoms with van der Waals surface area (Å²) in [6.45, 7) is 4.62. The molecule has 0 fully saturated rings. The van der Waals surface area contributed by atoms with Gasteiger partial charge in [0.25, 0.3) is 5.91 Å². The number of benzene rings is 1. The maximum atomic E-state index is 12.5. The van der Waals surface area contributed by atoms with E-state index in [2.05, 4.69) is 15.9 Å². The third-order valence-corrected chi connectivity index (χ3v) is 3.95. The van der Waals surface area contributed by atoms with Crippen LogP contribution in [0.15, 0.2) is 22.7 Å². The maximum absolute atomic E-state index is 12.5. The number of aliphatic carboxylic acids is 1. The Hall–Kier alpha value is -1.07. The van der Waals surface area contributed by atoms with Gasteiger partial charge in [-0.2, -0.15) is 0 Å². The summed E-state index contributed by atoms with van der Waals surface area (Å²) in [6.07, 6.45) is -0.0793. The first-order valence-corrected chi connectivity index (χ1v) is 7.45. The van der Waals surface area contributed by atoms with Gasteiger partial charge in [0.05, 0.1) is 17.0 Å². The molecule has 6 heteroatoms. The van der Waals surface area contributed by atoms with E-state index in [9.17, 15) is 9.59 Å². The van der Waals surface area contributed by atoms with E-state index in [1.807, 2.05) is 13.8 Å². The summed E-state index contributed by atoms with van der Waals surface area (Å²) in [5, 5.41) is 9.12. The molecule has 0 aliphatic carbocycles. The first kappa shape index (κ1) is 17.0. The number of carboxylic acids is 1. The number of carbonyl (C=O) groups is 2. The lowest BCUT2D eigenvalue weighted by Gasteiger charge is -2.24. The molecular weight excluding hydrogens is 346 g/mol. The van der Waals surface area contributed by atoms with Gasteiger partial charge >= 0.3 is 5.97 Å². The van der Waals surface area contributed by atoms with E-state index in [1.165, 1.54) is 4.90 Å². The summed E-state index contributed by atoms with van der Waals surface area (Å²) in [4.78, 5) is 24.7. The predicted molar refractivity (Wildman–Crippen MR) is 82.1 cm³/mol. The Bertz CT molecular complexity index is 505. The molecule has 1 aromatic rings. The average Bonchev–Trinajstić information content (AvgIpc) is 2.36. The van der Waals surface area contributed by atoms with Gasteiger partial charge in [0.2, 0.25) is 0 Å². The van der Waals surface area contributed by atoms with Crippen LogP contribution in [0.5, 0.6) is 0 Å². The Kier molecular flexibility index (Phi) is 6.49. The minimum Gasteiger partial charge on any atom is -0.481 e. The topological polar surface area (TPSA) is 57.6 Å². The standard InChI is InChI=1S/C14H17BrClNO3/c1-9(2)8-17(7-6-12(18)19)14(20)10-4-3-5-11(15)13(10)16/h3-5,9H,6-8H2,1-2H3,(H,18,19). The van der Waals surface area contributed by atoms with Crippen molar-refractivity contribution in [2.75, 3.05) is 13.1 Å². The smallest absolute Gasteiger partial charge is 0.305 e. The van der Waals surface area contributed by atoms with Gasteiger partial charge in [0.1, 0.15) is 0 Å². The van der Waals surface area contributed by atoms with Crippen LogP contribution in [0.1, 0.15) is 30.6 Å². The number of carboxylic acid groups (broad SMARTS) is 1. The molecule has 0 heterocycles. The van der Waals surface area contributed by atoms with Crippen molar-refractivity contribution in [3.63, 3.8) is 0 Å². The molecule has 0 aromatic heterocycles. The van der Waals surface area contributed by atoms with E-state index in [4.69, 9.17) is 16.7 Å². The van der Waals surface area contributed by atoms with Gasteiger partial charge in [-0.15, -0.1) is 0 Å². The van der Waals surface area contributed by atoms with Gasteiger partial charge in [-0.3, -0.25) is 9.59 Å². The minimum atomic E-state index is -0.924. The second-order valence-electron chi connectivity index (χ2n) is 4.89. The van der Waals surface area contributed by atoms with Gasteiger partial charge in [0, 0.05) is 17.6 Å². The molecule has 0 unspecified atom stereocenters. The lowest BCUT2D eigenvalue weighted by atomic mass is 10.1. The van der Waals surface area contributed by atoms with Gasteiger partial charge in [0.15, 0.2) is 0 Å². The number of rotatable bonds is 6. The molecule has 1 amide bonds. The number of carbonyl (C=O) groups excluding carboxylic acids is 1. The Morgan fingerprint density at radius 3 is 2.60 bits per heavy atom. The lowest BCUT2D eigenvalue weighted by molar-refractivity contribution is -0.137. The van der Waals surface area contributed by atoms with Crippen molar-refractivity contribution in [2.45, 2.75) is 20.3 Å². The van der Waals surface area contributed by atoms with Crippen molar-refractivity contribution < 1.29 is 14.7 Å². The molecule has 1 rings (SSSR count). The Morgan fingerprint density at radius 2 is 2.05 bits per heavy atom. The quantitative estimate of drug-likeness (QED) is 0.840. The second-order valence-corrected chi connectivity index (χ2v) is 6.12. The fraction of sp³-hybridized carbons (Fsp3) is 0.429. The van der Waals surface area contributed by atoms with Gasteiger partial charge in [-0.05, 0) is 34.0 Å². The summed E-state index contributed by atoms with van der Waals surface area (Å²) < 4.78 is 0.646. The molecule has 0 spiro atoms. The SMILES string of the molecule is CC(C)CN(CCC(=O)O)C(=O)c1cccc(Br)c1Cl. The zero-order valence-corrected chi connectivity index (χ0v) is 13.7. The van der Waals surface area contributed by atoms with Gasteiger partial charge in [-0.1, -0.05) is 31.5 Å². The van der Waals surface area contributed by atoms with Crippen LogP contribution < -0.4 is 0 Å². The van der Waals surface area contributed by atoms with Crippen molar-refractivity contribution in [2.24, 2.45) is 5.92 Å². The molecule has 0 aliphatic heterocycles. The van der Waals surface area contributed by atoms with Crippen molar-refractivity contribution in [3.05, 3.63) is 33.3 Å². The average molecular weight is 363 g/mol. The van der Waals surface area contributed by atoms with Crippen LogP contribution in [0.4, 0.5) is 0 Å². The van der Waals surface area contributed by atoms with E-state index in [-0.39, 0.29) is 24.8 Å². The molecule has 0 saturated heterocycles. The highest BCUT2D eigenvalue weighted by molar-refractivity contribution is 9.10. The summed E-state index contributed by atoms with van der Waals surface area (Å²) >= 11 is 9.40. The molecule has 0 bridgehead atoms. The number of hydrogen-bond donors (Lipinski definition) is 1. The normalized spacial score (nSPS) is 10.7. The zero-order chi connectivity index (χ0) is 15.3. The molecule has 1 aromatic carbocycles. The number of halogens is 2. The van der Waals surface area contributed by atoms with Crippen LogP contribution in [0, 0.1) is 5.92 Å². The van der Waals surface area contributed by atoms with Gasteiger partial charge in [-0.25, -0.2) is 0 Å². The van der Waals surface area contributed by atoms with Crippen LogP contribution >= 0.6 is 27.5 Å². The molecule has 110 valence electrons. The number of amides is 1. The van der Waals surface area contributed by atoms with E-state index in [1.54, 1.807) is 18.2 Å². The molecule has 1 N–H and O–H groups in total. The predicted octanol–water partition coefficient (Wildman–Crippen LogP) is 3.68. The van der Waals surface area contributed by atoms with E-state index < -0.39 is 5.97 Å². The zero-order valence-electron chi connectivity index (χ0n) is 11.4. The first-order chi connectivity index (χ1) is 9.32. The van der Waals surface area contributed by atoms with Crippen molar-refractivity contribution in [1.29, 1.82) is 0 Å². The second kappa shape index (κ2) is 7.64. The Morgan fingerprint density at radius 1 is 1.40 bits per heavy atom. The van der Waals surface area contributed by atoms with Crippen LogP contribution in [0.2, 0.25) is 5.02 Å². The fourth-order valence-corrected chi connectivity index (χ4v) is 2.36. The summed E-state index contributed by atoms with van der Waals surface area (Å²) in [5.74, 6) is -0.920. The highest BCUT2D eigenvalue weighted by atomic mass is 79.9. The Balaban J connectivity index is 2.96. The van der Waals surface area contributed by atoms with Crippen molar-refractivity contribution in [1.82, 2.24) is 4.90 Å². The minimum absolute atomic E-state index is 0.0793. The maximum Gasteiger partial charge on any atom is 0.305 e.